The van der Waals surface area contributed by atoms with E-state index in [9.17, 15) is 4.79 Å². The van der Waals surface area contributed by atoms with Gasteiger partial charge in [0.25, 0.3) is 11.9 Å². The molecule has 0 bridgehead atoms. The molecule has 0 aliphatic carbocycles. The molecule has 2 N–H and O–H groups in total. The Morgan fingerprint density at radius 1 is 1.08 bits per heavy atom. The van der Waals surface area contributed by atoms with Crippen LogP contribution in [-0.4, -0.2) is 42.8 Å². The number of halogens is 2. The molecule has 37 heavy (non-hydrogen) atoms. The number of aromatic nitrogens is 6. The maximum atomic E-state index is 12.7. The van der Waals surface area contributed by atoms with Crippen molar-refractivity contribution in [1.29, 1.82) is 0 Å². The predicted octanol–water partition coefficient (Wildman–Crippen LogP) is 4.65. The largest absolute Gasteiger partial charge is 0.497 e. The summed E-state index contributed by atoms with van der Waals surface area (Å²) in [6.07, 6.45) is 0. The first-order valence-electron chi connectivity index (χ1n) is 11.2. The molecule has 0 saturated heterocycles. The van der Waals surface area contributed by atoms with E-state index < -0.39 is 0 Å². The Labute approximate surface area is 221 Å². The Hall–Kier alpha value is -4.15. The highest BCUT2D eigenvalue weighted by Crippen LogP contribution is 2.28. The van der Waals surface area contributed by atoms with Crippen molar-refractivity contribution in [2.75, 3.05) is 12.4 Å². The summed E-state index contributed by atoms with van der Waals surface area (Å²) in [6.45, 7) is 2.36. The molecule has 2 aromatic heterocycles. The van der Waals surface area contributed by atoms with Gasteiger partial charge in [-0.2, -0.15) is 5.21 Å². The maximum Gasteiger partial charge on any atom is 0.270 e. The van der Waals surface area contributed by atoms with Gasteiger partial charge in [-0.3, -0.25) is 10.1 Å². The lowest BCUT2D eigenvalue weighted by atomic mass is 10.0. The molecule has 0 saturated carbocycles. The number of nitrogens with one attached hydrogen (secondary N) is 2. The van der Waals surface area contributed by atoms with Gasteiger partial charge in [0.15, 0.2) is 0 Å². The zero-order valence-corrected chi connectivity index (χ0v) is 21.7. The van der Waals surface area contributed by atoms with Crippen LogP contribution in [0.3, 0.4) is 0 Å². The van der Waals surface area contributed by atoms with Crippen molar-refractivity contribution in [3.63, 3.8) is 0 Å². The number of carbonyl (C=O) groups is 1. The number of aromatic amines is 1. The first kappa shape index (κ1) is 24.5. The summed E-state index contributed by atoms with van der Waals surface area (Å²) >= 11 is 12.7. The number of H-pyrrole nitrogens is 1. The molecule has 1 amide bonds. The van der Waals surface area contributed by atoms with E-state index in [0.29, 0.717) is 27.8 Å². The fourth-order valence-corrected chi connectivity index (χ4v) is 4.43. The number of carbonyl (C=O) groups excluding carboxylic acids is 1. The third-order valence-electron chi connectivity index (χ3n) is 5.96. The molecule has 0 spiro atoms. The number of hydrogen-bond acceptors (Lipinski definition) is 6. The number of anilines is 1. The summed E-state index contributed by atoms with van der Waals surface area (Å²) < 4.78 is 9.30. The number of fused-ring (bicyclic) bond motifs is 1. The van der Waals surface area contributed by atoms with Crippen LogP contribution in [-0.2, 0) is 13.6 Å². The van der Waals surface area contributed by atoms with Crippen LogP contribution in [0.5, 0.6) is 5.75 Å². The molecule has 0 fully saturated rings. The summed E-state index contributed by atoms with van der Waals surface area (Å²) in [7, 11) is 3.56. The zero-order valence-electron chi connectivity index (χ0n) is 20.2. The maximum absolute atomic E-state index is 12.7. The van der Waals surface area contributed by atoms with Crippen LogP contribution in [0.25, 0.3) is 11.0 Å². The van der Waals surface area contributed by atoms with Crippen molar-refractivity contribution in [2.45, 2.75) is 13.5 Å². The molecular weight excluding hydrogens is 515 g/mol. The van der Waals surface area contributed by atoms with E-state index in [1.54, 1.807) is 13.2 Å². The molecule has 0 aliphatic heterocycles. The summed E-state index contributed by atoms with van der Waals surface area (Å²) in [5.41, 5.74) is 5.51. The number of rotatable bonds is 6. The van der Waals surface area contributed by atoms with E-state index in [-0.39, 0.29) is 11.9 Å². The average Bonchev–Trinajstić information content (AvgIpc) is 3.48. The number of benzene rings is 3. The monoisotopic (exact) mass is 536 g/mol. The van der Waals surface area contributed by atoms with Gasteiger partial charge in [-0.05, 0) is 65.7 Å². The normalized spacial score (nSPS) is 11.8. The smallest absolute Gasteiger partial charge is 0.270 e. The first-order chi connectivity index (χ1) is 17.8. The summed E-state index contributed by atoms with van der Waals surface area (Å²) in [5.74, 6) is 0.543. The number of amides is 1. The van der Waals surface area contributed by atoms with Crippen molar-refractivity contribution in [2.24, 2.45) is 12.0 Å². The summed E-state index contributed by atoms with van der Waals surface area (Å²) in [5, 5.41) is 16.8. The van der Waals surface area contributed by atoms with E-state index in [2.05, 4.69) is 30.5 Å². The molecule has 2 heterocycles. The van der Waals surface area contributed by atoms with Crippen molar-refractivity contribution >= 4 is 51.8 Å². The van der Waals surface area contributed by atoms with Crippen LogP contribution in [0.2, 0.25) is 10.0 Å². The van der Waals surface area contributed by atoms with E-state index in [4.69, 9.17) is 32.9 Å². The standard InChI is InChI=1S/C25H22Cl2N8O2/c1-14-10-15(4-9-18(14)23(36)29-24-30-32-33-31-24)13-35-22-12-20(27)19(26)11-21(22)34(2)25(35)28-16-5-7-17(37-3)8-6-16/h4-12H,13H2,1-3H3,(H2,29,30,31,32,33,36). The Balaban J connectivity index is 1.57. The van der Waals surface area contributed by atoms with E-state index in [1.165, 1.54) is 0 Å². The minimum atomic E-state index is -0.320. The second kappa shape index (κ2) is 10.1. The number of nitrogens with zero attached hydrogens (tertiary/aromatic N) is 6. The molecule has 0 radical (unpaired) electrons. The number of tetrazole rings is 1. The van der Waals surface area contributed by atoms with Crippen molar-refractivity contribution in [1.82, 2.24) is 29.8 Å². The summed E-state index contributed by atoms with van der Waals surface area (Å²) in [6, 6.07) is 16.8. The quantitative estimate of drug-likeness (QED) is 0.327. The van der Waals surface area contributed by atoms with Crippen molar-refractivity contribution in [3.8, 4) is 5.75 Å². The van der Waals surface area contributed by atoms with Gasteiger partial charge in [0.05, 0.1) is 40.4 Å². The number of aryl methyl sites for hydroxylation is 2. The fourth-order valence-electron chi connectivity index (χ4n) is 4.12. The molecule has 5 aromatic rings. The highest BCUT2D eigenvalue weighted by molar-refractivity contribution is 6.42. The third-order valence-corrected chi connectivity index (χ3v) is 6.68. The minimum Gasteiger partial charge on any atom is -0.497 e. The van der Waals surface area contributed by atoms with Crippen LogP contribution in [0, 0.1) is 6.92 Å². The van der Waals surface area contributed by atoms with E-state index in [1.807, 2.05) is 67.1 Å². The average molecular weight is 537 g/mol. The molecule has 0 atom stereocenters. The van der Waals surface area contributed by atoms with Gasteiger partial charge < -0.3 is 13.9 Å². The second-order valence-electron chi connectivity index (χ2n) is 8.35. The highest BCUT2D eigenvalue weighted by Gasteiger charge is 2.15. The van der Waals surface area contributed by atoms with Gasteiger partial charge in [-0.25, -0.2) is 4.99 Å². The lowest BCUT2D eigenvalue weighted by Gasteiger charge is -2.10. The topological polar surface area (TPSA) is 115 Å². The zero-order chi connectivity index (χ0) is 26.1. The molecule has 3 aromatic carbocycles. The second-order valence-corrected chi connectivity index (χ2v) is 9.16. The summed E-state index contributed by atoms with van der Waals surface area (Å²) in [4.78, 5) is 17.6. The van der Waals surface area contributed by atoms with Crippen LogP contribution in [0.1, 0.15) is 21.5 Å². The van der Waals surface area contributed by atoms with Crippen LogP contribution < -0.4 is 15.7 Å². The van der Waals surface area contributed by atoms with Crippen LogP contribution in [0.4, 0.5) is 11.6 Å². The number of hydrogen-bond donors (Lipinski definition) is 2. The molecule has 0 unspecified atom stereocenters. The Morgan fingerprint density at radius 2 is 1.81 bits per heavy atom. The van der Waals surface area contributed by atoms with Gasteiger partial charge in [0.1, 0.15) is 5.75 Å². The third kappa shape index (κ3) is 4.93. The molecule has 10 nitrogen and oxygen atoms in total. The van der Waals surface area contributed by atoms with Crippen LogP contribution in [0.15, 0.2) is 59.6 Å². The van der Waals surface area contributed by atoms with E-state index >= 15 is 0 Å². The number of imidazole rings is 1. The van der Waals surface area contributed by atoms with Gasteiger partial charge in [-0.1, -0.05) is 40.4 Å². The number of methoxy groups -OCH3 is 1. The molecule has 188 valence electrons. The molecule has 0 aliphatic rings. The lowest BCUT2D eigenvalue weighted by molar-refractivity contribution is 0.102. The highest BCUT2D eigenvalue weighted by atomic mass is 35.5. The molecular formula is C25H22Cl2N8O2. The molecule has 5 rings (SSSR count). The first-order valence-corrected chi connectivity index (χ1v) is 12.0. The Bertz CT molecular complexity index is 1670. The fraction of sp³-hybridized carbons (Fsp3) is 0.160. The van der Waals surface area contributed by atoms with E-state index in [0.717, 1.165) is 33.6 Å². The van der Waals surface area contributed by atoms with Gasteiger partial charge in [0.2, 0.25) is 5.62 Å². The van der Waals surface area contributed by atoms with Gasteiger partial charge >= 0.3 is 0 Å². The lowest BCUT2D eigenvalue weighted by Crippen LogP contribution is -2.24. The SMILES string of the molecule is COc1ccc(N=c2n(C)c3cc(Cl)c(Cl)cc3n2Cc2ccc(C(=O)Nc3nn[nH]n3)c(C)c2)cc1. The molecule has 12 heteroatoms. The van der Waals surface area contributed by atoms with Crippen molar-refractivity contribution < 1.29 is 9.53 Å². The predicted molar refractivity (Wildman–Crippen MR) is 142 cm³/mol. The van der Waals surface area contributed by atoms with Crippen LogP contribution >= 0.6 is 23.2 Å². The Kier molecular flexibility index (Phi) is 6.68. The van der Waals surface area contributed by atoms with Gasteiger partial charge in [0, 0.05) is 12.6 Å². The number of ether oxygens (including phenoxy) is 1. The minimum absolute atomic E-state index is 0.111. The Morgan fingerprint density at radius 3 is 2.46 bits per heavy atom. The van der Waals surface area contributed by atoms with Gasteiger partial charge in [-0.15, -0.1) is 5.10 Å². The van der Waals surface area contributed by atoms with Crippen molar-refractivity contribution in [3.05, 3.63) is 87.0 Å².